The van der Waals surface area contributed by atoms with Crippen molar-refractivity contribution < 1.29 is 9.59 Å². The predicted molar refractivity (Wildman–Crippen MR) is 94.6 cm³/mol. The second-order valence-electron chi connectivity index (χ2n) is 5.39. The minimum atomic E-state index is -0.364. The summed E-state index contributed by atoms with van der Waals surface area (Å²) in [5, 5.41) is 5.66. The van der Waals surface area contributed by atoms with Crippen LogP contribution in [0.3, 0.4) is 0 Å². The molecule has 1 atom stereocenters. The van der Waals surface area contributed by atoms with Crippen molar-refractivity contribution in [3.8, 4) is 0 Å². The van der Waals surface area contributed by atoms with Crippen molar-refractivity contribution in [2.24, 2.45) is 0 Å². The molecule has 0 bridgehead atoms. The van der Waals surface area contributed by atoms with Crippen molar-refractivity contribution in [3.63, 3.8) is 0 Å². The smallest absolute Gasteiger partial charge is 0.289 e. The first kappa shape index (κ1) is 18.1. The maximum absolute atomic E-state index is 12.1. The van der Waals surface area contributed by atoms with E-state index in [-0.39, 0.29) is 23.7 Å². The molecule has 1 unspecified atom stereocenters. The fourth-order valence-electron chi connectivity index (χ4n) is 1.92. The van der Waals surface area contributed by atoms with Crippen LogP contribution in [-0.4, -0.2) is 27.8 Å². The van der Waals surface area contributed by atoms with E-state index in [9.17, 15) is 9.59 Å². The molecule has 126 valence electrons. The number of halogens is 1. The van der Waals surface area contributed by atoms with Gasteiger partial charge in [0.2, 0.25) is 5.82 Å². The summed E-state index contributed by atoms with van der Waals surface area (Å²) in [5.41, 5.74) is 1.40. The van der Waals surface area contributed by atoms with Gasteiger partial charge in [0.05, 0.1) is 4.47 Å². The number of rotatable bonds is 6. The van der Waals surface area contributed by atoms with Crippen LogP contribution in [0.1, 0.15) is 46.8 Å². The van der Waals surface area contributed by atoms with Gasteiger partial charge in [0.25, 0.3) is 11.8 Å². The van der Waals surface area contributed by atoms with Gasteiger partial charge in [-0.15, -0.1) is 0 Å². The lowest BCUT2D eigenvalue weighted by atomic mass is 10.1. The lowest BCUT2D eigenvalue weighted by Crippen LogP contribution is -2.32. The molecule has 0 aliphatic carbocycles. The van der Waals surface area contributed by atoms with Gasteiger partial charge >= 0.3 is 0 Å². The van der Waals surface area contributed by atoms with Crippen molar-refractivity contribution in [1.29, 1.82) is 0 Å². The summed E-state index contributed by atoms with van der Waals surface area (Å²) in [5.74, 6) is -0.380. The van der Waals surface area contributed by atoms with Gasteiger partial charge in [0, 0.05) is 30.5 Å². The van der Waals surface area contributed by atoms with E-state index in [1.165, 1.54) is 12.4 Å². The second-order valence-corrected chi connectivity index (χ2v) is 6.31. The maximum atomic E-state index is 12.1. The standard InChI is InChI=1S/C17H19BrN4O2/c1-3-11(2)22-16(23)13-6-4-5-12(7-13)8-21-17(24)15-19-9-14(18)10-20-15/h4-7,9-11H,3,8H2,1-2H3,(H,21,24)(H,22,23). The zero-order chi connectivity index (χ0) is 17.5. The SMILES string of the molecule is CCC(C)NC(=O)c1cccc(CNC(=O)c2ncc(Br)cn2)c1. The molecule has 2 aromatic rings. The van der Waals surface area contributed by atoms with Crippen molar-refractivity contribution in [2.45, 2.75) is 32.9 Å². The molecule has 6 nitrogen and oxygen atoms in total. The first-order chi connectivity index (χ1) is 11.5. The molecule has 0 aliphatic heterocycles. The molecule has 0 aliphatic rings. The lowest BCUT2D eigenvalue weighted by molar-refractivity contribution is 0.0934. The summed E-state index contributed by atoms with van der Waals surface area (Å²) < 4.78 is 0.707. The van der Waals surface area contributed by atoms with Gasteiger partial charge in [-0.1, -0.05) is 19.1 Å². The Hall–Kier alpha value is -2.28. The third-order valence-electron chi connectivity index (χ3n) is 3.46. The molecule has 0 radical (unpaired) electrons. The molecular formula is C17H19BrN4O2. The summed E-state index contributed by atoms with van der Waals surface area (Å²) in [4.78, 5) is 32.0. The minimum absolute atomic E-state index is 0.101. The zero-order valence-electron chi connectivity index (χ0n) is 13.5. The third kappa shape index (κ3) is 5.13. The highest BCUT2D eigenvalue weighted by Crippen LogP contribution is 2.07. The van der Waals surface area contributed by atoms with Gasteiger partial charge in [-0.3, -0.25) is 9.59 Å². The zero-order valence-corrected chi connectivity index (χ0v) is 15.1. The normalized spacial score (nSPS) is 11.6. The number of hydrogen-bond acceptors (Lipinski definition) is 4. The highest BCUT2D eigenvalue weighted by Gasteiger charge is 2.11. The number of amides is 2. The first-order valence-electron chi connectivity index (χ1n) is 7.65. The third-order valence-corrected chi connectivity index (χ3v) is 3.87. The Labute approximate surface area is 149 Å². The maximum Gasteiger partial charge on any atom is 0.289 e. The number of benzene rings is 1. The summed E-state index contributed by atoms with van der Waals surface area (Å²) in [6, 6.07) is 7.28. The molecule has 24 heavy (non-hydrogen) atoms. The Kier molecular flexibility index (Phi) is 6.43. The summed E-state index contributed by atoms with van der Waals surface area (Å²) >= 11 is 3.22. The molecule has 1 aromatic heterocycles. The minimum Gasteiger partial charge on any atom is -0.350 e. The summed E-state index contributed by atoms with van der Waals surface area (Å²) in [7, 11) is 0. The van der Waals surface area contributed by atoms with Crippen LogP contribution in [0.4, 0.5) is 0 Å². The van der Waals surface area contributed by atoms with Crippen LogP contribution in [0.15, 0.2) is 41.1 Å². The number of carbonyl (C=O) groups excluding carboxylic acids is 2. The summed E-state index contributed by atoms with van der Waals surface area (Å²) in [6.07, 6.45) is 3.90. The van der Waals surface area contributed by atoms with Crippen molar-refractivity contribution in [2.75, 3.05) is 0 Å². The molecule has 0 spiro atoms. The Morgan fingerprint density at radius 3 is 2.58 bits per heavy atom. The Bertz CT molecular complexity index is 719. The molecule has 0 fully saturated rings. The fourth-order valence-corrected chi connectivity index (χ4v) is 2.13. The Morgan fingerprint density at radius 2 is 1.92 bits per heavy atom. The van der Waals surface area contributed by atoms with Crippen LogP contribution in [0.2, 0.25) is 0 Å². The molecule has 0 saturated heterocycles. The number of aromatic nitrogens is 2. The lowest BCUT2D eigenvalue weighted by Gasteiger charge is -2.12. The van der Waals surface area contributed by atoms with Crippen molar-refractivity contribution in [3.05, 3.63) is 58.1 Å². The van der Waals surface area contributed by atoms with Gasteiger partial charge in [0.1, 0.15) is 0 Å². The number of nitrogens with one attached hydrogen (secondary N) is 2. The van der Waals surface area contributed by atoms with Gasteiger partial charge in [-0.05, 0) is 47.0 Å². The van der Waals surface area contributed by atoms with E-state index in [0.29, 0.717) is 16.6 Å². The van der Waals surface area contributed by atoms with E-state index in [4.69, 9.17) is 0 Å². The molecule has 0 saturated carbocycles. The molecule has 2 amide bonds. The molecule has 2 N–H and O–H groups in total. The number of carbonyl (C=O) groups is 2. The molecule has 1 heterocycles. The van der Waals surface area contributed by atoms with Crippen molar-refractivity contribution >= 4 is 27.7 Å². The average Bonchev–Trinajstić information content (AvgIpc) is 2.60. The summed E-state index contributed by atoms with van der Waals surface area (Å²) in [6.45, 7) is 4.27. The Balaban J connectivity index is 1.98. The van der Waals surface area contributed by atoms with E-state index in [2.05, 4.69) is 36.5 Å². The monoisotopic (exact) mass is 390 g/mol. The van der Waals surface area contributed by atoms with Crippen molar-refractivity contribution in [1.82, 2.24) is 20.6 Å². The van der Waals surface area contributed by atoms with E-state index < -0.39 is 0 Å². The fraction of sp³-hybridized carbons (Fsp3) is 0.294. The molecule has 2 rings (SSSR count). The topological polar surface area (TPSA) is 84.0 Å². The van der Waals surface area contributed by atoms with Crippen LogP contribution in [-0.2, 0) is 6.54 Å². The van der Waals surface area contributed by atoms with E-state index in [0.717, 1.165) is 12.0 Å². The number of hydrogen-bond donors (Lipinski definition) is 2. The average molecular weight is 391 g/mol. The van der Waals surface area contributed by atoms with Crippen LogP contribution in [0, 0.1) is 0 Å². The quantitative estimate of drug-likeness (QED) is 0.793. The molecular weight excluding hydrogens is 372 g/mol. The predicted octanol–water partition coefficient (Wildman–Crippen LogP) is 2.70. The molecule has 7 heteroatoms. The van der Waals surface area contributed by atoms with Gasteiger partial charge < -0.3 is 10.6 Å². The highest BCUT2D eigenvalue weighted by atomic mass is 79.9. The van der Waals surface area contributed by atoms with Gasteiger partial charge in [0.15, 0.2) is 0 Å². The van der Waals surface area contributed by atoms with E-state index >= 15 is 0 Å². The van der Waals surface area contributed by atoms with Crippen LogP contribution in [0.25, 0.3) is 0 Å². The second kappa shape index (κ2) is 8.54. The molecule has 1 aromatic carbocycles. The van der Waals surface area contributed by atoms with Gasteiger partial charge in [-0.25, -0.2) is 9.97 Å². The van der Waals surface area contributed by atoms with Crippen LogP contribution in [0.5, 0.6) is 0 Å². The largest absolute Gasteiger partial charge is 0.350 e. The van der Waals surface area contributed by atoms with E-state index in [1.54, 1.807) is 18.2 Å². The van der Waals surface area contributed by atoms with Crippen LogP contribution < -0.4 is 10.6 Å². The highest BCUT2D eigenvalue weighted by molar-refractivity contribution is 9.10. The first-order valence-corrected chi connectivity index (χ1v) is 8.44. The van der Waals surface area contributed by atoms with Crippen LogP contribution >= 0.6 is 15.9 Å². The van der Waals surface area contributed by atoms with Gasteiger partial charge in [-0.2, -0.15) is 0 Å². The van der Waals surface area contributed by atoms with E-state index in [1.807, 2.05) is 19.9 Å². The Morgan fingerprint density at radius 1 is 1.21 bits per heavy atom. The number of nitrogens with zero attached hydrogens (tertiary/aromatic N) is 2.